The molecule has 2 heterocycles. The molecule has 7 heteroatoms. The Bertz CT molecular complexity index is 1010. The van der Waals surface area contributed by atoms with Gasteiger partial charge in [0.25, 0.3) is 5.91 Å². The molecular weight excluding hydrogens is 404 g/mol. The summed E-state index contributed by atoms with van der Waals surface area (Å²) in [5, 5.41) is 10.6. The third-order valence-corrected chi connectivity index (χ3v) is 6.20. The highest BCUT2D eigenvalue weighted by Gasteiger charge is 2.26. The summed E-state index contributed by atoms with van der Waals surface area (Å²) < 4.78 is 11.0. The number of carbonyl (C=O) groups excluding carboxylic acids is 1. The van der Waals surface area contributed by atoms with Gasteiger partial charge in [0.15, 0.2) is 6.10 Å². The van der Waals surface area contributed by atoms with Crippen LogP contribution in [0.25, 0.3) is 11.1 Å². The summed E-state index contributed by atoms with van der Waals surface area (Å²) >= 11 is 0. The molecule has 7 nitrogen and oxygen atoms in total. The van der Waals surface area contributed by atoms with Crippen LogP contribution in [0.5, 0.6) is 11.5 Å². The summed E-state index contributed by atoms with van der Waals surface area (Å²) in [5.41, 5.74) is 3.51. The van der Waals surface area contributed by atoms with E-state index in [1.54, 1.807) is 20.1 Å². The molecule has 0 saturated heterocycles. The molecule has 1 fully saturated rings. The van der Waals surface area contributed by atoms with Crippen LogP contribution in [-0.4, -0.2) is 40.8 Å². The first-order valence-electron chi connectivity index (χ1n) is 11.2. The maximum Gasteiger partial charge on any atom is 0.260 e. The number of benzene rings is 1. The minimum atomic E-state index is -0.564. The number of ether oxygens (including phenoxy) is 2. The van der Waals surface area contributed by atoms with Gasteiger partial charge in [0, 0.05) is 42.2 Å². The summed E-state index contributed by atoms with van der Waals surface area (Å²) in [4.78, 5) is 16.6. The molecule has 2 N–H and O–H groups in total. The second kappa shape index (κ2) is 10.3. The molecule has 0 aliphatic heterocycles. The second-order valence-electron chi connectivity index (χ2n) is 8.34. The van der Waals surface area contributed by atoms with E-state index in [0.717, 1.165) is 36.8 Å². The molecule has 2 aromatic heterocycles. The van der Waals surface area contributed by atoms with Gasteiger partial charge in [-0.1, -0.05) is 6.07 Å². The molecule has 1 aliphatic rings. The minimum Gasteiger partial charge on any atom is -0.497 e. The lowest BCUT2D eigenvalue weighted by molar-refractivity contribution is -0.127. The number of methoxy groups -OCH3 is 1. The molecule has 1 aromatic carbocycles. The summed E-state index contributed by atoms with van der Waals surface area (Å²) in [6, 6.07) is 11.3. The van der Waals surface area contributed by atoms with Crippen LogP contribution in [0.15, 0.2) is 55.0 Å². The lowest BCUT2D eigenvalue weighted by atomic mass is 9.79. The average molecular weight is 435 g/mol. The summed E-state index contributed by atoms with van der Waals surface area (Å²) in [7, 11) is 1.61. The monoisotopic (exact) mass is 434 g/mol. The van der Waals surface area contributed by atoms with Crippen molar-refractivity contribution < 1.29 is 14.3 Å². The maximum atomic E-state index is 12.5. The van der Waals surface area contributed by atoms with E-state index in [4.69, 9.17) is 9.47 Å². The van der Waals surface area contributed by atoms with Gasteiger partial charge in [-0.2, -0.15) is 5.10 Å². The van der Waals surface area contributed by atoms with Crippen LogP contribution in [0.2, 0.25) is 0 Å². The van der Waals surface area contributed by atoms with Gasteiger partial charge in [0.05, 0.1) is 13.3 Å². The maximum absolute atomic E-state index is 12.5. The highest BCUT2D eigenvalue weighted by atomic mass is 16.5. The lowest BCUT2D eigenvalue weighted by Crippen LogP contribution is -2.39. The standard InChI is InChI=1S/C25H30N4O3/c1-17(32-22-5-3-4-21(14-22)31-2)25(30)27-15-18-6-8-20(9-7-18)24-23(16-28-29-24)19-10-12-26-13-11-19/h3-5,10-14,16-18,20H,6-9,15H2,1-2H3,(H,27,30)(H,28,29)/t17-,18?,20?/m0/s1. The van der Waals surface area contributed by atoms with Crippen LogP contribution in [-0.2, 0) is 4.79 Å². The van der Waals surface area contributed by atoms with Gasteiger partial charge in [-0.3, -0.25) is 14.9 Å². The molecule has 0 radical (unpaired) electrons. The Kier molecular flexibility index (Phi) is 7.04. The summed E-state index contributed by atoms with van der Waals surface area (Å²) in [5.74, 6) is 2.17. The molecular formula is C25H30N4O3. The summed E-state index contributed by atoms with van der Waals surface area (Å²) in [6.07, 6.45) is 9.27. The van der Waals surface area contributed by atoms with E-state index >= 15 is 0 Å². The van der Waals surface area contributed by atoms with Crippen LogP contribution in [0.4, 0.5) is 0 Å². The highest BCUT2D eigenvalue weighted by molar-refractivity contribution is 5.80. The zero-order valence-electron chi connectivity index (χ0n) is 18.6. The molecule has 1 amide bonds. The van der Waals surface area contributed by atoms with Crippen LogP contribution < -0.4 is 14.8 Å². The number of hydrogen-bond donors (Lipinski definition) is 2. The van der Waals surface area contributed by atoms with Gasteiger partial charge < -0.3 is 14.8 Å². The van der Waals surface area contributed by atoms with E-state index in [0.29, 0.717) is 29.9 Å². The zero-order chi connectivity index (χ0) is 22.3. The Morgan fingerprint density at radius 3 is 2.66 bits per heavy atom. The molecule has 4 rings (SSSR count). The van der Waals surface area contributed by atoms with E-state index in [1.807, 2.05) is 48.9 Å². The van der Waals surface area contributed by atoms with E-state index in [-0.39, 0.29) is 5.91 Å². The minimum absolute atomic E-state index is 0.0940. The van der Waals surface area contributed by atoms with Crippen LogP contribution in [0, 0.1) is 5.92 Å². The van der Waals surface area contributed by atoms with Crippen molar-refractivity contribution in [1.82, 2.24) is 20.5 Å². The molecule has 0 unspecified atom stereocenters. The number of aromatic nitrogens is 3. The van der Waals surface area contributed by atoms with E-state index in [1.165, 1.54) is 5.69 Å². The van der Waals surface area contributed by atoms with Crippen molar-refractivity contribution in [2.45, 2.75) is 44.6 Å². The fraction of sp³-hybridized carbons (Fsp3) is 0.400. The van der Waals surface area contributed by atoms with Crippen molar-refractivity contribution in [3.8, 4) is 22.6 Å². The molecule has 1 atom stereocenters. The first-order valence-corrected chi connectivity index (χ1v) is 11.2. The number of hydrogen-bond acceptors (Lipinski definition) is 5. The topological polar surface area (TPSA) is 89.1 Å². The van der Waals surface area contributed by atoms with Crippen LogP contribution in [0.1, 0.15) is 44.2 Å². The quantitative estimate of drug-likeness (QED) is 0.551. The van der Waals surface area contributed by atoms with E-state index in [2.05, 4.69) is 20.5 Å². The summed E-state index contributed by atoms with van der Waals surface area (Å²) in [6.45, 7) is 2.45. The Balaban J connectivity index is 1.25. The number of H-pyrrole nitrogens is 1. The van der Waals surface area contributed by atoms with Gasteiger partial charge in [0.1, 0.15) is 11.5 Å². The fourth-order valence-electron chi connectivity index (χ4n) is 4.34. The first-order chi connectivity index (χ1) is 15.6. The van der Waals surface area contributed by atoms with Crippen molar-refractivity contribution in [3.05, 3.63) is 60.7 Å². The van der Waals surface area contributed by atoms with E-state index < -0.39 is 6.10 Å². The SMILES string of the molecule is COc1cccc(O[C@@H](C)C(=O)NCC2CCC(c3[nH]ncc3-c3ccncc3)CC2)c1. The predicted molar refractivity (Wildman–Crippen MR) is 123 cm³/mol. The number of nitrogens with one attached hydrogen (secondary N) is 2. The van der Waals surface area contributed by atoms with E-state index in [9.17, 15) is 4.79 Å². The van der Waals surface area contributed by atoms with Crippen molar-refractivity contribution >= 4 is 5.91 Å². The number of aromatic amines is 1. The van der Waals surface area contributed by atoms with Gasteiger partial charge in [-0.25, -0.2) is 0 Å². The lowest BCUT2D eigenvalue weighted by Gasteiger charge is -2.29. The smallest absolute Gasteiger partial charge is 0.260 e. The molecule has 0 spiro atoms. The van der Waals surface area contributed by atoms with Crippen LogP contribution >= 0.6 is 0 Å². The molecule has 1 aliphatic carbocycles. The Morgan fingerprint density at radius 2 is 1.91 bits per heavy atom. The van der Waals surface area contributed by atoms with Gasteiger partial charge in [0.2, 0.25) is 0 Å². The Morgan fingerprint density at radius 1 is 1.16 bits per heavy atom. The molecule has 168 valence electrons. The molecule has 0 bridgehead atoms. The second-order valence-corrected chi connectivity index (χ2v) is 8.34. The van der Waals surface area contributed by atoms with Crippen molar-refractivity contribution in [2.75, 3.05) is 13.7 Å². The first kappa shape index (κ1) is 21.9. The molecule has 1 saturated carbocycles. The highest BCUT2D eigenvalue weighted by Crippen LogP contribution is 2.38. The normalized spacial score (nSPS) is 19.2. The van der Waals surface area contributed by atoms with Crippen molar-refractivity contribution in [1.29, 1.82) is 0 Å². The van der Waals surface area contributed by atoms with Gasteiger partial charge >= 0.3 is 0 Å². The van der Waals surface area contributed by atoms with Gasteiger partial charge in [-0.05, 0) is 68.4 Å². The molecule has 3 aromatic rings. The number of nitrogens with zero attached hydrogens (tertiary/aromatic N) is 2. The Hall–Kier alpha value is -3.35. The number of pyridine rings is 1. The van der Waals surface area contributed by atoms with Crippen LogP contribution in [0.3, 0.4) is 0 Å². The largest absolute Gasteiger partial charge is 0.497 e. The third-order valence-electron chi connectivity index (χ3n) is 6.20. The fourth-order valence-corrected chi connectivity index (χ4v) is 4.34. The van der Waals surface area contributed by atoms with Gasteiger partial charge in [-0.15, -0.1) is 0 Å². The third kappa shape index (κ3) is 5.28. The predicted octanol–water partition coefficient (Wildman–Crippen LogP) is 4.34. The molecule has 32 heavy (non-hydrogen) atoms. The van der Waals surface area contributed by atoms with Crippen molar-refractivity contribution in [3.63, 3.8) is 0 Å². The number of carbonyl (C=O) groups is 1. The Labute approximate surface area is 188 Å². The van der Waals surface area contributed by atoms with Crippen molar-refractivity contribution in [2.24, 2.45) is 5.92 Å². The zero-order valence-corrected chi connectivity index (χ0v) is 18.6. The number of rotatable bonds is 8. The average Bonchev–Trinajstić information content (AvgIpc) is 3.33. The number of amides is 1.